The number of hydrogen-bond donors (Lipinski definition) is 0. The fourth-order valence-electron chi connectivity index (χ4n) is 4.59. The molecule has 5 rings (SSSR count). The molecule has 0 spiro atoms. The number of carbonyl (C=O) groups is 1. The minimum absolute atomic E-state index is 0.0545. The summed E-state index contributed by atoms with van der Waals surface area (Å²) in [6, 6.07) is 19.5. The average molecular weight is 502 g/mol. The zero-order valence-corrected chi connectivity index (χ0v) is 20.5. The van der Waals surface area contributed by atoms with Gasteiger partial charge in [0.1, 0.15) is 12.2 Å². The molecule has 182 valence electrons. The van der Waals surface area contributed by atoms with Crippen molar-refractivity contribution in [2.24, 2.45) is 0 Å². The summed E-state index contributed by atoms with van der Waals surface area (Å²) in [7, 11) is 1.55. The van der Waals surface area contributed by atoms with Gasteiger partial charge in [-0.1, -0.05) is 60.7 Å². The molecule has 7 heteroatoms. The molecule has 0 aliphatic carbocycles. The standard InChI is InChI=1S/C29H24ClNO5/c1-3-15-35-23-11-9-19(16-24(23)34-2)26-25-27(32)21-17-20(30)10-12-22(21)36-28(25)29(33)31(26)14-13-18-7-5-4-6-8-18/h3-12,16-17,26H,1,13-15H2,2H3. The predicted molar refractivity (Wildman–Crippen MR) is 139 cm³/mol. The van der Waals surface area contributed by atoms with Crippen molar-refractivity contribution in [2.75, 3.05) is 20.3 Å². The van der Waals surface area contributed by atoms with Gasteiger partial charge in [-0.3, -0.25) is 9.59 Å². The summed E-state index contributed by atoms with van der Waals surface area (Å²) >= 11 is 6.17. The van der Waals surface area contributed by atoms with Crippen LogP contribution < -0.4 is 14.9 Å². The minimum Gasteiger partial charge on any atom is -0.493 e. The molecule has 2 heterocycles. The number of nitrogens with zero attached hydrogens (tertiary/aromatic N) is 1. The first-order valence-corrected chi connectivity index (χ1v) is 11.9. The molecule has 3 aromatic carbocycles. The van der Waals surface area contributed by atoms with Gasteiger partial charge in [0.2, 0.25) is 5.76 Å². The summed E-state index contributed by atoms with van der Waals surface area (Å²) in [5, 5.41) is 0.754. The molecule has 1 amide bonds. The SMILES string of the molecule is C=CCOc1ccc(C2c3c(oc4ccc(Cl)cc4c3=O)C(=O)N2CCc2ccccc2)cc1OC. The zero-order valence-electron chi connectivity index (χ0n) is 19.7. The Balaban J connectivity index is 1.65. The first-order valence-electron chi connectivity index (χ1n) is 11.5. The van der Waals surface area contributed by atoms with Crippen molar-refractivity contribution < 1.29 is 18.7 Å². The highest BCUT2D eigenvalue weighted by atomic mass is 35.5. The number of benzene rings is 3. The van der Waals surface area contributed by atoms with Gasteiger partial charge in [-0.05, 0) is 47.9 Å². The lowest BCUT2D eigenvalue weighted by Gasteiger charge is -2.26. The maximum absolute atomic E-state index is 13.7. The van der Waals surface area contributed by atoms with E-state index in [4.69, 9.17) is 25.5 Å². The number of carbonyl (C=O) groups excluding carboxylic acids is 1. The van der Waals surface area contributed by atoms with Gasteiger partial charge in [0.05, 0.1) is 24.1 Å². The van der Waals surface area contributed by atoms with E-state index in [0.29, 0.717) is 58.2 Å². The van der Waals surface area contributed by atoms with Crippen LogP contribution in [0.1, 0.15) is 33.3 Å². The first-order chi connectivity index (χ1) is 17.5. The second kappa shape index (κ2) is 9.91. The number of halogens is 1. The third kappa shape index (κ3) is 4.25. The van der Waals surface area contributed by atoms with E-state index in [0.717, 1.165) is 5.56 Å². The van der Waals surface area contributed by atoms with Crippen LogP contribution in [0.3, 0.4) is 0 Å². The number of rotatable bonds is 8. The molecule has 0 saturated carbocycles. The van der Waals surface area contributed by atoms with E-state index in [-0.39, 0.29) is 17.1 Å². The van der Waals surface area contributed by atoms with E-state index in [1.807, 2.05) is 36.4 Å². The fourth-order valence-corrected chi connectivity index (χ4v) is 4.76. The lowest BCUT2D eigenvalue weighted by molar-refractivity contribution is 0.0730. The van der Waals surface area contributed by atoms with E-state index in [2.05, 4.69) is 6.58 Å². The molecule has 1 unspecified atom stereocenters. The van der Waals surface area contributed by atoms with Gasteiger partial charge in [-0.25, -0.2) is 0 Å². The Morgan fingerprint density at radius 3 is 2.61 bits per heavy atom. The molecule has 1 aliphatic heterocycles. The van der Waals surface area contributed by atoms with Crippen LogP contribution in [0, 0.1) is 0 Å². The molecular formula is C29H24ClNO5. The Hall–Kier alpha value is -4.03. The van der Waals surface area contributed by atoms with E-state index in [1.54, 1.807) is 48.4 Å². The highest BCUT2D eigenvalue weighted by molar-refractivity contribution is 6.31. The van der Waals surface area contributed by atoms with Gasteiger partial charge in [-0.2, -0.15) is 0 Å². The van der Waals surface area contributed by atoms with E-state index in [9.17, 15) is 9.59 Å². The first kappa shape index (κ1) is 23.7. The van der Waals surface area contributed by atoms with Crippen LogP contribution in [0.2, 0.25) is 5.02 Å². The van der Waals surface area contributed by atoms with Crippen LogP contribution in [0.5, 0.6) is 11.5 Å². The number of amides is 1. The third-order valence-electron chi connectivity index (χ3n) is 6.27. The number of fused-ring (bicyclic) bond motifs is 2. The fraction of sp³-hybridized carbons (Fsp3) is 0.172. The second-order valence-electron chi connectivity index (χ2n) is 8.46. The van der Waals surface area contributed by atoms with E-state index >= 15 is 0 Å². The van der Waals surface area contributed by atoms with Crippen LogP contribution in [0.4, 0.5) is 0 Å². The van der Waals surface area contributed by atoms with Crippen LogP contribution in [-0.4, -0.2) is 31.1 Å². The molecule has 0 bridgehead atoms. The summed E-state index contributed by atoms with van der Waals surface area (Å²) in [5.74, 6) is 0.759. The van der Waals surface area contributed by atoms with Crippen LogP contribution in [-0.2, 0) is 6.42 Å². The van der Waals surface area contributed by atoms with Gasteiger partial charge in [0.15, 0.2) is 16.9 Å². The second-order valence-corrected chi connectivity index (χ2v) is 8.90. The number of methoxy groups -OCH3 is 1. The molecular weight excluding hydrogens is 478 g/mol. The Kier molecular flexibility index (Phi) is 6.53. The van der Waals surface area contributed by atoms with Gasteiger partial charge >= 0.3 is 0 Å². The van der Waals surface area contributed by atoms with Crippen molar-refractivity contribution in [2.45, 2.75) is 12.5 Å². The average Bonchev–Trinajstić information content (AvgIpc) is 3.18. The van der Waals surface area contributed by atoms with Crippen molar-refractivity contribution in [3.05, 3.63) is 117 Å². The van der Waals surface area contributed by atoms with Crippen LogP contribution in [0.15, 0.2) is 88.6 Å². The van der Waals surface area contributed by atoms with Crippen molar-refractivity contribution >= 4 is 28.5 Å². The third-order valence-corrected chi connectivity index (χ3v) is 6.51. The molecule has 6 nitrogen and oxygen atoms in total. The molecule has 0 saturated heterocycles. The Morgan fingerprint density at radius 2 is 1.86 bits per heavy atom. The number of ether oxygens (including phenoxy) is 2. The predicted octanol–water partition coefficient (Wildman–Crippen LogP) is 5.81. The largest absolute Gasteiger partial charge is 0.493 e. The molecule has 1 aliphatic rings. The summed E-state index contributed by atoms with van der Waals surface area (Å²) in [5.41, 5.74) is 2.14. The Morgan fingerprint density at radius 1 is 1.06 bits per heavy atom. The molecule has 1 atom stereocenters. The van der Waals surface area contributed by atoms with E-state index in [1.165, 1.54) is 0 Å². The highest BCUT2D eigenvalue weighted by Crippen LogP contribution is 2.41. The highest BCUT2D eigenvalue weighted by Gasteiger charge is 2.42. The Labute approximate surface area is 213 Å². The lowest BCUT2D eigenvalue weighted by Crippen LogP contribution is -2.31. The molecule has 36 heavy (non-hydrogen) atoms. The maximum atomic E-state index is 13.7. The van der Waals surface area contributed by atoms with Crippen molar-refractivity contribution in [3.8, 4) is 11.5 Å². The maximum Gasteiger partial charge on any atom is 0.290 e. The summed E-state index contributed by atoms with van der Waals surface area (Å²) in [6.45, 7) is 4.39. The smallest absolute Gasteiger partial charge is 0.290 e. The minimum atomic E-state index is -0.654. The van der Waals surface area contributed by atoms with E-state index < -0.39 is 6.04 Å². The Bertz CT molecular complexity index is 1510. The summed E-state index contributed by atoms with van der Waals surface area (Å²) in [6.07, 6.45) is 2.26. The quantitative estimate of drug-likeness (QED) is 0.285. The number of hydrogen-bond acceptors (Lipinski definition) is 5. The van der Waals surface area contributed by atoms with Gasteiger partial charge in [0.25, 0.3) is 5.91 Å². The van der Waals surface area contributed by atoms with Gasteiger partial charge in [-0.15, -0.1) is 0 Å². The summed E-state index contributed by atoms with van der Waals surface area (Å²) in [4.78, 5) is 29.0. The monoisotopic (exact) mass is 501 g/mol. The van der Waals surface area contributed by atoms with Crippen LogP contribution in [0.25, 0.3) is 11.0 Å². The molecule has 1 aromatic heterocycles. The molecule has 0 N–H and O–H groups in total. The van der Waals surface area contributed by atoms with Gasteiger partial charge in [0, 0.05) is 11.6 Å². The zero-order chi connectivity index (χ0) is 25.2. The van der Waals surface area contributed by atoms with Crippen molar-refractivity contribution in [3.63, 3.8) is 0 Å². The topological polar surface area (TPSA) is 69.0 Å². The molecule has 0 radical (unpaired) electrons. The lowest BCUT2D eigenvalue weighted by atomic mass is 9.97. The van der Waals surface area contributed by atoms with Crippen molar-refractivity contribution in [1.29, 1.82) is 0 Å². The summed E-state index contributed by atoms with van der Waals surface area (Å²) < 4.78 is 17.3. The van der Waals surface area contributed by atoms with Gasteiger partial charge < -0.3 is 18.8 Å². The normalized spacial score (nSPS) is 14.7. The van der Waals surface area contributed by atoms with Crippen molar-refractivity contribution in [1.82, 2.24) is 4.90 Å². The van der Waals surface area contributed by atoms with Crippen LogP contribution >= 0.6 is 11.6 Å². The molecule has 4 aromatic rings. The molecule has 0 fully saturated rings.